The molecule has 0 spiro atoms. The maximum absolute atomic E-state index is 4.83. The summed E-state index contributed by atoms with van der Waals surface area (Å²) in [4.78, 5) is 14.2. The molecule has 2 aromatic heterocycles. The maximum Gasteiger partial charge on any atom is 0.178 e. The lowest BCUT2D eigenvalue weighted by Gasteiger charge is -2.08. The van der Waals surface area contributed by atoms with Crippen LogP contribution in [0, 0.1) is 6.92 Å². The number of hydrogen-bond acceptors (Lipinski definition) is 3. The van der Waals surface area contributed by atoms with Gasteiger partial charge >= 0.3 is 0 Å². The minimum atomic E-state index is 0.756. The molecule has 0 N–H and O–H groups in total. The molecule has 0 amide bonds. The first kappa shape index (κ1) is 15.9. The third-order valence-electron chi connectivity index (χ3n) is 4.82. The van der Waals surface area contributed by atoms with Crippen molar-refractivity contribution >= 4 is 0 Å². The van der Waals surface area contributed by atoms with E-state index in [1.165, 1.54) is 41.6 Å². The Balaban J connectivity index is 1.62. The first-order valence-electron chi connectivity index (χ1n) is 9.14. The summed E-state index contributed by atoms with van der Waals surface area (Å²) in [5.41, 5.74) is 7.03. The summed E-state index contributed by atoms with van der Waals surface area (Å²) in [5, 5.41) is 0. The predicted molar refractivity (Wildman–Crippen MR) is 101 cm³/mol. The van der Waals surface area contributed by atoms with E-state index in [2.05, 4.69) is 48.3 Å². The number of aromatic nitrogens is 3. The highest BCUT2D eigenvalue weighted by atomic mass is 14.9. The van der Waals surface area contributed by atoms with Crippen LogP contribution in [0.15, 0.2) is 48.7 Å². The van der Waals surface area contributed by atoms with Gasteiger partial charge in [0, 0.05) is 24.0 Å². The van der Waals surface area contributed by atoms with Crippen LogP contribution in [0.2, 0.25) is 0 Å². The molecule has 0 fully saturated rings. The van der Waals surface area contributed by atoms with Crippen LogP contribution in [0.25, 0.3) is 11.5 Å². The van der Waals surface area contributed by atoms with Gasteiger partial charge in [-0.25, -0.2) is 15.0 Å². The first-order valence-corrected chi connectivity index (χ1v) is 9.14. The van der Waals surface area contributed by atoms with E-state index in [1.807, 2.05) is 12.3 Å². The third kappa shape index (κ3) is 3.76. The van der Waals surface area contributed by atoms with Gasteiger partial charge in [0.2, 0.25) is 0 Å². The second-order valence-corrected chi connectivity index (χ2v) is 6.91. The van der Waals surface area contributed by atoms with Gasteiger partial charge in [0.25, 0.3) is 0 Å². The summed E-state index contributed by atoms with van der Waals surface area (Å²) >= 11 is 0. The molecule has 1 aliphatic rings. The molecule has 3 aromatic rings. The quantitative estimate of drug-likeness (QED) is 0.653. The molecule has 126 valence electrons. The van der Waals surface area contributed by atoms with E-state index < -0.39 is 0 Å². The van der Waals surface area contributed by atoms with Gasteiger partial charge in [-0.1, -0.05) is 42.3 Å². The van der Waals surface area contributed by atoms with Crippen LogP contribution in [-0.4, -0.2) is 15.0 Å². The van der Waals surface area contributed by atoms with Crippen molar-refractivity contribution in [1.82, 2.24) is 15.0 Å². The zero-order valence-electron chi connectivity index (χ0n) is 14.7. The Kier molecular flexibility index (Phi) is 4.55. The number of benzene rings is 1. The third-order valence-corrected chi connectivity index (χ3v) is 4.82. The number of nitrogens with zero attached hydrogens (tertiary/aromatic N) is 3. The molecule has 3 nitrogen and oxygen atoms in total. The zero-order chi connectivity index (χ0) is 17.1. The van der Waals surface area contributed by atoms with Gasteiger partial charge in [0.05, 0.1) is 0 Å². The van der Waals surface area contributed by atoms with Crippen molar-refractivity contribution in [2.75, 3.05) is 0 Å². The molecule has 1 aliphatic carbocycles. The molecule has 0 saturated carbocycles. The van der Waals surface area contributed by atoms with Crippen molar-refractivity contribution in [1.29, 1.82) is 0 Å². The summed E-state index contributed by atoms with van der Waals surface area (Å²) in [7, 11) is 0. The molecule has 0 aliphatic heterocycles. The van der Waals surface area contributed by atoms with Crippen LogP contribution in [0.5, 0.6) is 0 Å². The Morgan fingerprint density at radius 2 is 1.80 bits per heavy atom. The molecule has 1 aromatic carbocycles. The predicted octanol–water partition coefficient (Wildman–Crippen LogP) is 4.71. The minimum Gasteiger partial charge on any atom is -0.249 e. The Morgan fingerprint density at radius 1 is 0.920 bits per heavy atom. The largest absolute Gasteiger partial charge is 0.249 e. The molecule has 3 heteroatoms. The highest BCUT2D eigenvalue weighted by Gasteiger charge is 2.13. The van der Waals surface area contributed by atoms with Crippen molar-refractivity contribution in [3.8, 4) is 11.5 Å². The van der Waals surface area contributed by atoms with Crippen LogP contribution in [0.3, 0.4) is 0 Å². The molecule has 0 atom stereocenters. The van der Waals surface area contributed by atoms with Gasteiger partial charge in [0.15, 0.2) is 5.82 Å². The Hall–Kier alpha value is -2.55. The van der Waals surface area contributed by atoms with Gasteiger partial charge in [-0.2, -0.15) is 0 Å². The molecule has 25 heavy (non-hydrogen) atoms. The van der Waals surface area contributed by atoms with E-state index in [9.17, 15) is 0 Å². The fraction of sp³-hybridized carbons (Fsp3) is 0.318. The van der Waals surface area contributed by atoms with E-state index in [1.54, 1.807) is 0 Å². The van der Waals surface area contributed by atoms with Gasteiger partial charge in [-0.3, -0.25) is 0 Å². The van der Waals surface area contributed by atoms with Gasteiger partial charge in [0.1, 0.15) is 5.69 Å². The summed E-state index contributed by atoms with van der Waals surface area (Å²) in [6.07, 6.45) is 8.78. The number of pyridine rings is 1. The van der Waals surface area contributed by atoms with Crippen LogP contribution < -0.4 is 0 Å². The minimum absolute atomic E-state index is 0.756. The van der Waals surface area contributed by atoms with Crippen molar-refractivity contribution in [3.63, 3.8) is 0 Å². The standard InChI is InChI=1S/C22H23N3/c1-16-7-5-8-17(13-16)14-19-10-6-12-21(24-19)22-23-15-18-9-3-2-4-11-20(18)25-22/h5-8,10,12-13,15H,2-4,9,11,14H2,1H3. The summed E-state index contributed by atoms with van der Waals surface area (Å²) in [6.45, 7) is 2.12. The average Bonchev–Trinajstić information content (AvgIpc) is 2.87. The molecule has 0 radical (unpaired) electrons. The Bertz CT molecular complexity index is 886. The molecule has 4 rings (SSSR count). The van der Waals surface area contributed by atoms with Crippen molar-refractivity contribution < 1.29 is 0 Å². The molecule has 2 heterocycles. The lowest BCUT2D eigenvalue weighted by atomic mass is 10.1. The van der Waals surface area contributed by atoms with Gasteiger partial charge in [-0.15, -0.1) is 0 Å². The molecule has 0 saturated heterocycles. The molecular formula is C22H23N3. The number of hydrogen-bond donors (Lipinski definition) is 0. The normalized spacial score (nSPS) is 14.0. The first-order chi connectivity index (χ1) is 12.3. The Labute approximate surface area is 149 Å². The number of aryl methyl sites for hydroxylation is 3. The van der Waals surface area contributed by atoms with Crippen LogP contribution >= 0.6 is 0 Å². The van der Waals surface area contributed by atoms with Crippen molar-refractivity contribution in [3.05, 3.63) is 76.7 Å². The highest BCUT2D eigenvalue weighted by Crippen LogP contribution is 2.21. The monoisotopic (exact) mass is 329 g/mol. The topological polar surface area (TPSA) is 38.7 Å². The average molecular weight is 329 g/mol. The van der Waals surface area contributed by atoms with E-state index in [0.29, 0.717) is 0 Å². The molecule has 0 unspecified atom stereocenters. The second-order valence-electron chi connectivity index (χ2n) is 6.91. The zero-order valence-corrected chi connectivity index (χ0v) is 14.7. The number of rotatable bonds is 3. The van der Waals surface area contributed by atoms with Crippen LogP contribution in [0.4, 0.5) is 0 Å². The Morgan fingerprint density at radius 3 is 2.72 bits per heavy atom. The van der Waals surface area contributed by atoms with Crippen LogP contribution in [-0.2, 0) is 19.3 Å². The van der Waals surface area contributed by atoms with E-state index in [-0.39, 0.29) is 0 Å². The highest BCUT2D eigenvalue weighted by molar-refractivity contribution is 5.50. The summed E-state index contributed by atoms with van der Waals surface area (Å²) < 4.78 is 0. The van der Waals surface area contributed by atoms with E-state index in [4.69, 9.17) is 9.97 Å². The summed E-state index contributed by atoms with van der Waals surface area (Å²) in [6, 6.07) is 14.7. The fourth-order valence-electron chi connectivity index (χ4n) is 3.51. The lowest BCUT2D eigenvalue weighted by molar-refractivity contribution is 0.709. The second kappa shape index (κ2) is 7.14. The fourth-order valence-corrected chi connectivity index (χ4v) is 3.51. The van der Waals surface area contributed by atoms with Gasteiger partial charge in [-0.05, 0) is 55.9 Å². The molecular weight excluding hydrogens is 306 g/mol. The molecule has 0 bridgehead atoms. The number of fused-ring (bicyclic) bond motifs is 1. The van der Waals surface area contributed by atoms with Gasteiger partial charge < -0.3 is 0 Å². The summed E-state index contributed by atoms with van der Waals surface area (Å²) in [5.74, 6) is 0.756. The lowest BCUT2D eigenvalue weighted by Crippen LogP contribution is -2.02. The SMILES string of the molecule is Cc1cccc(Cc2cccc(-c3ncc4c(n3)CCCCC4)n2)c1. The maximum atomic E-state index is 4.83. The van der Waals surface area contributed by atoms with Crippen LogP contribution in [0.1, 0.15) is 47.3 Å². The van der Waals surface area contributed by atoms with E-state index in [0.717, 1.165) is 36.5 Å². The van der Waals surface area contributed by atoms with E-state index >= 15 is 0 Å². The smallest absolute Gasteiger partial charge is 0.178 e. The van der Waals surface area contributed by atoms with Crippen molar-refractivity contribution in [2.24, 2.45) is 0 Å². The van der Waals surface area contributed by atoms with Crippen molar-refractivity contribution in [2.45, 2.75) is 45.4 Å².